The average Bonchev–Trinajstić information content (AvgIpc) is 2.64. The maximum Gasteiger partial charge on any atom is 0.231 e. The molecule has 2 aromatic carbocycles. The molecule has 0 aromatic heterocycles. The summed E-state index contributed by atoms with van der Waals surface area (Å²) in [5.74, 6) is 0.126. The highest BCUT2D eigenvalue weighted by Crippen LogP contribution is 2.33. The molecule has 0 radical (unpaired) electrons. The van der Waals surface area contributed by atoms with Crippen LogP contribution in [0.5, 0.6) is 0 Å². The van der Waals surface area contributed by atoms with E-state index < -0.39 is 0 Å². The summed E-state index contributed by atoms with van der Waals surface area (Å²) in [6.07, 6.45) is 4.25. The standard InChI is InChI=1S/C21H22N2O2/c1-23-19-11-10-16(13-15(19)9-12-20(23)24)22-21(25)18-8-4-6-14-5-2-3-7-17(14)18/h2-3,5,7,10-11,13,18H,4,6,8-9,12H2,1H3,(H,22,25)/t18-/m0/s1. The zero-order chi connectivity index (χ0) is 17.4. The number of hydrogen-bond acceptors (Lipinski definition) is 2. The second-order valence-corrected chi connectivity index (χ2v) is 6.93. The monoisotopic (exact) mass is 334 g/mol. The number of amides is 2. The van der Waals surface area contributed by atoms with E-state index in [1.54, 1.807) is 11.9 Å². The fraction of sp³-hybridized carbons (Fsp3) is 0.333. The van der Waals surface area contributed by atoms with E-state index in [0.717, 1.165) is 48.2 Å². The molecule has 1 atom stereocenters. The Morgan fingerprint density at radius 1 is 1.08 bits per heavy atom. The van der Waals surface area contributed by atoms with Crippen molar-refractivity contribution >= 4 is 23.2 Å². The summed E-state index contributed by atoms with van der Waals surface area (Å²) in [5.41, 5.74) is 5.32. The zero-order valence-electron chi connectivity index (χ0n) is 14.4. The highest BCUT2D eigenvalue weighted by atomic mass is 16.2. The van der Waals surface area contributed by atoms with Crippen molar-refractivity contribution in [3.8, 4) is 0 Å². The number of carbonyl (C=O) groups excluding carboxylic acids is 2. The molecule has 25 heavy (non-hydrogen) atoms. The first-order valence-electron chi connectivity index (χ1n) is 8.91. The van der Waals surface area contributed by atoms with Crippen molar-refractivity contribution in [3.05, 3.63) is 59.2 Å². The maximum absolute atomic E-state index is 12.8. The SMILES string of the molecule is CN1C(=O)CCc2cc(NC(=O)[C@H]3CCCc4ccccc43)ccc21. The minimum Gasteiger partial charge on any atom is -0.326 e. The molecule has 0 unspecified atom stereocenters. The Hall–Kier alpha value is -2.62. The van der Waals surface area contributed by atoms with E-state index in [-0.39, 0.29) is 17.7 Å². The van der Waals surface area contributed by atoms with Crippen molar-refractivity contribution in [2.75, 3.05) is 17.3 Å². The van der Waals surface area contributed by atoms with Crippen LogP contribution in [0.15, 0.2) is 42.5 Å². The molecule has 1 heterocycles. The number of hydrogen-bond donors (Lipinski definition) is 1. The van der Waals surface area contributed by atoms with Crippen LogP contribution < -0.4 is 10.2 Å². The van der Waals surface area contributed by atoms with Gasteiger partial charge in [-0.1, -0.05) is 24.3 Å². The van der Waals surface area contributed by atoms with Gasteiger partial charge in [0, 0.05) is 24.8 Å². The molecular weight excluding hydrogens is 312 g/mol. The van der Waals surface area contributed by atoms with E-state index in [9.17, 15) is 9.59 Å². The number of benzene rings is 2. The lowest BCUT2D eigenvalue weighted by atomic mass is 9.82. The van der Waals surface area contributed by atoms with Crippen molar-refractivity contribution in [3.63, 3.8) is 0 Å². The Bertz CT molecular complexity index is 844. The molecule has 4 heteroatoms. The number of nitrogens with zero attached hydrogens (tertiary/aromatic N) is 1. The third-order valence-corrected chi connectivity index (χ3v) is 5.38. The molecule has 1 aliphatic heterocycles. The predicted octanol–water partition coefficient (Wildman–Crippen LogP) is 3.65. The molecule has 0 fully saturated rings. The van der Waals surface area contributed by atoms with Gasteiger partial charge in [0.25, 0.3) is 0 Å². The Morgan fingerprint density at radius 2 is 1.92 bits per heavy atom. The van der Waals surface area contributed by atoms with E-state index in [0.29, 0.717) is 6.42 Å². The van der Waals surface area contributed by atoms with E-state index in [4.69, 9.17) is 0 Å². The van der Waals surface area contributed by atoms with Crippen LogP contribution in [0.4, 0.5) is 11.4 Å². The van der Waals surface area contributed by atoms with Gasteiger partial charge in [0.15, 0.2) is 0 Å². The Morgan fingerprint density at radius 3 is 2.80 bits per heavy atom. The number of fused-ring (bicyclic) bond motifs is 2. The predicted molar refractivity (Wildman–Crippen MR) is 98.9 cm³/mol. The van der Waals surface area contributed by atoms with Gasteiger partial charge in [-0.2, -0.15) is 0 Å². The highest BCUT2D eigenvalue weighted by molar-refractivity contribution is 5.98. The molecule has 0 saturated heterocycles. The third-order valence-electron chi connectivity index (χ3n) is 5.38. The molecule has 0 spiro atoms. The van der Waals surface area contributed by atoms with Gasteiger partial charge in [0.1, 0.15) is 0 Å². The van der Waals surface area contributed by atoms with Gasteiger partial charge in [0.05, 0.1) is 5.92 Å². The molecule has 2 aromatic rings. The number of carbonyl (C=O) groups is 2. The minimum absolute atomic E-state index is 0.0624. The average molecular weight is 334 g/mol. The normalized spacial score (nSPS) is 19.2. The summed E-state index contributed by atoms with van der Waals surface area (Å²) in [6, 6.07) is 14.1. The molecule has 1 aliphatic carbocycles. The van der Waals surface area contributed by atoms with Gasteiger partial charge in [-0.05, 0) is 60.6 Å². The van der Waals surface area contributed by atoms with Crippen LogP contribution in [0.3, 0.4) is 0 Å². The van der Waals surface area contributed by atoms with Gasteiger partial charge in [-0.25, -0.2) is 0 Å². The quantitative estimate of drug-likeness (QED) is 0.911. The van der Waals surface area contributed by atoms with E-state index in [1.807, 2.05) is 30.3 Å². The van der Waals surface area contributed by atoms with Crippen LogP contribution in [0.2, 0.25) is 0 Å². The van der Waals surface area contributed by atoms with Crippen molar-refractivity contribution < 1.29 is 9.59 Å². The summed E-state index contributed by atoms with van der Waals surface area (Å²) >= 11 is 0. The molecule has 128 valence electrons. The van der Waals surface area contributed by atoms with Gasteiger partial charge in [-0.3, -0.25) is 9.59 Å². The van der Waals surface area contributed by atoms with Crippen LogP contribution in [-0.2, 0) is 22.4 Å². The minimum atomic E-state index is -0.0785. The van der Waals surface area contributed by atoms with Gasteiger partial charge in [0.2, 0.25) is 11.8 Å². The number of rotatable bonds is 2. The molecule has 4 nitrogen and oxygen atoms in total. The number of anilines is 2. The molecular formula is C21H22N2O2. The second-order valence-electron chi connectivity index (χ2n) is 6.93. The van der Waals surface area contributed by atoms with E-state index in [1.165, 1.54) is 5.56 Å². The molecule has 2 aliphatic rings. The fourth-order valence-corrected chi connectivity index (χ4v) is 3.99. The second kappa shape index (κ2) is 6.36. The topological polar surface area (TPSA) is 49.4 Å². The number of aryl methyl sites for hydroxylation is 2. The van der Waals surface area contributed by atoms with E-state index in [2.05, 4.69) is 17.4 Å². The zero-order valence-corrected chi connectivity index (χ0v) is 14.4. The summed E-state index contributed by atoms with van der Waals surface area (Å²) in [7, 11) is 1.80. The Labute approximate surface area is 147 Å². The van der Waals surface area contributed by atoms with Crippen LogP contribution in [0.25, 0.3) is 0 Å². The van der Waals surface area contributed by atoms with Crippen LogP contribution in [-0.4, -0.2) is 18.9 Å². The van der Waals surface area contributed by atoms with Gasteiger partial charge < -0.3 is 10.2 Å². The van der Waals surface area contributed by atoms with Crippen LogP contribution in [0, 0.1) is 0 Å². The van der Waals surface area contributed by atoms with Crippen molar-refractivity contribution in [2.24, 2.45) is 0 Å². The first kappa shape index (κ1) is 15.9. The molecule has 0 saturated carbocycles. The summed E-state index contributed by atoms with van der Waals surface area (Å²) in [5, 5.41) is 3.09. The summed E-state index contributed by atoms with van der Waals surface area (Å²) in [6.45, 7) is 0. The lowest BCUT2D eigenvalue weighted by Crippen LogP contribution is -2.31. The van der Waals surface area contributed by atoms with Crippen LogP contribution in [0.1, 0.15) is 41.9 Å². The largest absolute Gasteiger partial charge is 0.326 e. The van der Waals surface area contributed by atoms with Gasteiger partial charge >= 0.3 is 0 Å². The molecule has 2 amide bonds. The first-order valence-corrected chi connectivity index (χ1v) is 8.91. The van der Waals surface area contributed by atoms with E-state index >= 15 is 0 Å². The summed E-state index contributed by atoms with van der Waals surface area (Å²) in [4.78, 5) is 26.3. The molecule has 1 N–H and O–H groups in total. The Kier molecular flexibility index (Phi) is 4.04. The maximum atomic E-state index is 12.8. The number of nitrogens with one attached hydrogen (secondary N) is 1. The fourth-order valence-electron chi connectivity index (χ4n) is 3.99. The summed E-state index contributed by atoms with van der Waals surface area (Å²) < 4.78 is 0. The molecule has 4 rings (SSSR count). The smallest absolute Gasteiger partial charge is 0.231 e. The lowest BCUT2D eigenvalue weighted by Gasteiger charge is -2.27. The van der Waals surface area contributed by atoms with Crippen molar-refractivity contribution in [1.82, 2.24) is 0 Å². The first-order chi connectivity index (χ1) is 12.1. The van der Waals surface area contributed by atoms with Gasteiger partial charge in [-0.15, -0.1) is 0 Å². The highest BCUT2D eigenvalue weighted by Gasteiger charge is 2.27. The van der Waals surface area contributed by atoms with Crippen LogP contribution >= 0.6 is 0 Å². The van der Waals surface area contributed by atoms with Crippen molar-refractivity contribution in [1.29, 1.82) is 0 Å². The molecule has 0 bridgehead atoms. The Balaban J connectivity index is 1.55. The van der Waals surface area contributed by atoms with Crippen molar-refractivity contribution in [2.45, 2.75) is 38.0 Å². The lowest BCUT2D eigenvalue weighted by molar-refractivity contribution is -0.119. The third kappa shape index (κ3) is 2.93.